The maximum atomic E-state index is 12.9. The first-order chi connectivity index (χ1) is 6.73. The average molecular weight is 229 g/mol. The van der Waals surface area contributed by atoms with Gasteiger partial charge in [0.2, 0.25) is 0 Å². The zero-order valence-corrected chi connectivity index (χ0v) is 7.29. The second-order valence-electron chi connectivity index (χ2n) is 3.17. The Morgan fingerprint density at radius 1 is 1.27 bits per heavy atom. The Balaban J connectivity index is 2.71. The van der Waals surface area contributed by atoms with Gasteiger partial charge in [-0.25, -0.2) is 4.39 Å². The fourth-order valence-corrected chi connectivity index (χ4v) is 1.34. The van der Waals surface area contributed by atoms with Gasteiger partial charge in [0.15, 0.2) is 0 Å². The number of aliphatic carboxylic acids is 1. The van der Waals surface area contributed by atoms with Crippen molar-refractivity contribution < 1.29 is 32.3 Å². The van der Waals surface area contributed by atoms with E-state index < -0.39 is 43.2 Å². The fraction of sp³-hybridized carbons (Fsp3) is 0.714. The van der Waals surface area contributed by atoms with Crippen LogP contribution in [0.1, 0.15) is 0 Å². The Morgan fingerprint density at radius 2 is 1.80 bits per heavy atom. The van der Waals surface area contributed by atoms with E-state index in [1.807, 2.05) is 0 Å². The van der Waals surface area contributed by atoms with Gasteiger partial charge < -0.3 is 10.0 Å². The summed E-state index contributed by atoms with van der Waals surface area (Å²) in [6.07, 6.45) is -7.04. The third-order valence-electron chi connectivity index (χ3n) is 2.10. The lowest BCUT2D eigenvalue weighted by atomic mass is 10.1. The number of hydrogen-bond donors (Lipinski definition) is 1. The van der Waals surface area contributed by atoms with E-state index in [-0.39, 0.29) is 4.90 Å². The molecule has 1 fully saturated rings. The van der Waals surface area contributed by atoms with E-state index in [1.54, 1.807) is 0 Å². The molecule has 1 aliphatic rings. The lowest BCUT2D eigenvalue weighted by Crippen LogP contribution is -2.40. The highest BCUT2D eigenvalue weighted by Gasteiger charge is 2.48. The summed E-state index contributed by atoms with van der Waals surface area (Å²) < 4.78 is 48.6. The van der Waals surface area contributed by atoms with Crippen LogP contribution in [-0.2, 0) is 9.59 Å². The minimum Gasteiger partial charge on any atom is -0.481 e. The van der Waals surface area contributed by atoms with E-state index in [9.17, 15) is 27.2 Å². The summed E-state index contributed by atoms with van der Waals surface area (Å²) in [5.41, 5.74) is 0. The summed E-state index contributed by atoms with van der Waals surface area (Å²) in [6.45, 7) is -1.57. The van der Waals surface area contributed by atoms with E-state index in [0.29, 0.717) is 0 Å². The van der Waals surface area contributed by atoms with Crippen LogP contribution in [0, 0.1) is 5.92 Å². The van der Waals surface area contributed by atoms with E-state index >= 15 is 0 Å². The Morgan fingerprint density at radius 3 is 2.13 bits per heavy atom. The lowest BCUT2D eigenvalue weighted by molar-refractivity contribution is -0.184. The highest BCUT2D eigenvalue weighted by Crippen LogP contribution is 2.26. The van der Waals surface area contributed by atoms with Gasteiger partial charge in [-0.2, -0.15) is 13.2 Å². The Hall–Kier alpha value is -1.34. The SMILES string of the molecule is O=C(O)[C@@H]1CN(C(=O)C(F)(F)F)C[C@H]1F. The number of halogens is 4. The number of likely N-dealkylation sites (tertiary alicyclic amines) is 1. The standard InChI is InChI=1S/C7H7F4NO3/c8-4-2-12(1-3(4)5(13)14)6(15)7(9,10)11/h3-4H,1-2H2,(H,13,14)/t3-,4-/m1/s1. The van der Waals surface area contributed by atoms with Crippen molar-refractivity contribution in [3.05, 3.63) is 0 Å². The van der Waals surface area contributed by atoms with Crippen molar-refractivity contribution in [3.8, 4) is 0 Å². The van der Waals surface area contributed by atoms with Gasteiger partial charge in [-0.1, -0.05) is 0 Å². The molecule has 0 aromatic rings. The van der Waals surface area contributed by atoms with Crippen LogP contribution in [0.25, 0.3) is 0 Å². The largest absolute Gasteiger partial charge is 0.481 e. The molecule has 15 heavy (non-hydrogen) atoms. The third-order valence-corrected chi connectivity index (χ3v) is 2.10. The highest BCUT2D eigenvalue weighted by molar-refractivity contribution is 5.83. The summed E-state index contributed by atoms with van der Waals surface area (Å²) in [5, 5.41) is 8.43. The van der Waals surface area contributed by atoms with Crippen LogP contribution in [0.3, 0.4) is 0 Å². The van der Waals surface area contributed by atoms with E-state index in [0.717, 1.165) is 0 Å². The topological polar surface area (TPSA) is 57.6 Å². The quantitative estimate of drug-likeness (QED) is 0.663. The van der Waals surface area contributed by atoms with Gasteiger partial charge in [0.25, 0.3) is 0 Å². The zero-order valence-electron chi connectivity index (χ0n) is 7.29. The van der Waals surface area contributed by atoms with Crippen LogP contribution < -0.4 is 0 Å². The van der Waals surface area contributed by atoms with Crippen molar-refractivity contribution >= 4 is 11.9 Å². The maximum absolute atomic E-state index is 12.9. The summed E-state index contributed by atoms with van der Waals surface area (Å²) in [6, 6.07) is 0. The molecule has 0 aromatic carbocycles. The number of carbonyl (C=O) groups excluding carboxylic acids is 1. The molecular weight excluding hydrogens is 222 g/mol. The molecule has 1 N–H and O–H groups in total. The molecule has 0 aromatic heterocycles. The molecule has 0 bridgehead atoms. The van der Waals surface area contributed by atoms with Gasteiger partial charge >= 0.3 is 18.1 Å². The van der Waals surface area contributed by atoms with Gasteiger partial charge in [0, 0.05) is 6.54 Å². The molecule has 1 rings (SSSR count). The highest BCUT2D eigenvalue weighted by atomic mass is 19.4. The van der Waals surface area contributed by atoms with Gasteiger partial charge in [-0.15, -0.1) is 0 Å². The molecule has 1 aliphatic heterocycles. The first-order valence-corrected chi connectivity index (χ1v) is 3.96. The third kappa shape index (κ3) is 2.37. The minimum absolute atomic E-state index is 0.170. The Bertz CT molecular complexity index is 290. The van der Waals surface area contributed by atoms with Crippen molar-refractivity contribution in [2.24, 2.45) is 5.92 Å². The predicted octanol–water partition coefficient (Wildman–Crippen LogP) is 0.430. The first kappa shape index (κ1) is 11.7. The molecule has 0 radical (unpaired) electrons. The van der Waals surface area contributed by atoms with Crippen molar-refractivity contribution in [3.63, 3.8) is 0 Å². The fourth-order valence-electron chi connectivity index (χ4n) is 1.34. The van der Waals surface area contributed by atoms with Gasteiger partial charge in [0.1, 0.15) is 12.1 Å². The van der Waals surface area contributed by atoms with Crippen LogP contribution in [0.5, 0.6) is 0 Å². The van der Waals surface area contributed by atoms with Crippen LogP contribution in [0.15, 0.2) is 0 Å². The number of carboxylic acids is 1. The number of alkyl halides is 4. The summed E-state index contributed by atoms with van der Waals surface area (Å²) in [5.74, 6) is -5.31. The molecule has 86 valence electrons. The number of carboxylic acid groups (broad SMARTS) is 1. The smallest absolute Gasteiger partial charge is 0.471 e. The van der Waals surface area contributed by atoms with E-state index in [2.05, 4.69) is 0 Å². The van der Waals surface area contributed by atoms with Crippen LogP contribution in [-0.4, -0.2) is 47.3 Å². The van der Waals surface area contributed by atoms with Crippen molar-refractivity contribution in [1.82, 2.24) is 4.90 Å². The molecule has 0 aliphatic carbocycles. The van der Waals surface area contributed by atoms with E-state index in [4.69, 9.17) is 5.11 Å². The summed E-state index contributed by atoms with van der Waals surface area (Å²) in [7, 11) is 0. The lowest BCUT2D eigenvalue weighted by Gasteiger charge is -2.16. The molecule has 0 saturated carbocycles. The van der Waals surface area contributed by atoms with Gasteiger partial charge in [-0.3, -0.25) is 9.59 Å². The second kappa shape index (κ2) is 3.67. The van der Waals surface area contributed by atoms with E-state index in [1.165, 1.54) is 0 Å². The number of hydrogen-bond acceptors (Lipinski definition) is 2. The number of carbonyl (C=O) groups is 2. The molecule has 4 nitrogen and oxygen atoms in total. The van der Waals surface area contributed by atoms with Crippen LogP contribution in [0.4, 0.5) is 17.6 Å². The molecule has 1 heterocycles. The number of rotatable bonds is 1. The van der Waals surface area contributed by atoms with Crippen molar-refractivity contribution in [2.75, 3.05) is 13.1 Å². The van der Waals surface area contributed by atoms with Crippen molar-refractivity contribution in [1.29, 1.82) is 0 Å². The molecular formula is C7H7F4NO3. The normalized spacial score (nSPS) is 26.8. The zero-order chi connectivity index (χ0) is 11.8. The monoisotopic (exact) mass is 229 g/mol. The molecule has 1 amide bonds. The number of amides is 1. The predicted molar refractivity (Wildman–Crippen MR) is 38.7 cm³/mol. The Kier molecular flexibility index (Phi) is 2.87. The number of nitrogens with zero attached hydrogens (tertiary/aromatic N) is 1. The Labute approximate surface area is 81.5 Å². The minimum atomic E-state index is -5.09. The van der Waals surface area contributed by atoms with Crippen LogP contribution >= 0.6 is 0 Å². The molecule has 1 saturated heterocycles. The second-order valence-corrected chi connectivity index (χ2v) is 3.17. The molecule has 2 atom stereocenters. The maximum Gasteiger partial charge on any atom is 0.471 e. The van der Waals surface area contributed by atoms with Gasteiger partial charge in [-0.05, 0) is 0 Å². The van der Waals surface area contributed by atoms with Gasteiger partial charge in [0.05, 0.1) is 6.54 Å². The van der Waals surface area contributed by atoms with Crippen molar-refractivity contribution in [2.45, 2.75) is 12.3 Å². The molecule has 0 spiro atoms. The summed E-state index contributed by atoms with van der Waals surface area (Å²) >= 11 is 0. The molecule has 0 unspecified atom stereocenters. The van der Waals surface area contributed by atoms with Crippen LogP contribution in [0.2, 0.25) is 0 Å². The first-order valence-electron chi connectivity index (χ1n) is 3.96. The summed E-state index contributed by atoms with van der Waals surface area (Å²) in [4.78, 5) is 21.2. The molecule has 8 heteroatoms. The average Bonchev–Trinajstić information content (AvgIpc) is 2.44.